The number of ether oxygens (including phenoxy) is 2. The Hall–Kier alpha value is -1.59. The highest BCUT2D eigenvalue weighted by atomic mass is 35.5. The predicted octanol–water partition coefficient (Wildman–Crippen LogP) is 3.29. The van der Waals surface area contributed by atoms with Crippen LogP contribution in [0.2, 0.25) is 10.3 Å². The van der Waals surface area contributed by atoms with Gasteiger partial charge < -0.3 is 9.47 Å². The Morgan fingerprint density at radius 3 is 2.50 bits per heavy atom. The molecule has 0 saturated carbocycles. The highest BCUT2D eigenvalue weighted by Gasteiger charge is 2.09. The Kier molecular flexibility index (Phi) is 3.84. The zero-order valence-electron chi connectivity index (χ0n) is 9.65. The molecule has 0 bridgehead atoms. The first-order chi connectivity index (χ1) is 8.58. The van der Waals surface area contributed by atoms with E-state index in [2.05, 4.69) is 15.0 Å². The first-order valence-corrected chi connectivity index (χ1v) is 5.73. The van der Waals surface area contributed by atoms with Crippen molar-refractivity contribution < 1.29 is 9.47 Å². The number of aromatic nitrogens is 3. The molecule has 0 unspecified atom stereocenters. The van der Waals surface area contributed by atoms with E-state index in [0.717, 1.165) is 5.56 Å². The molecule has 0 spiro atoms. The summed E-state index contributed by atoms with van der Waals surface area (Å²) in [4.78, 5) is 11.5. The summed E-state index contributed by atoms with van der Waals surface area (Å²) in [5.41, 5.74) is 0.898. The number of benzene rings is 1. The third-order valence-electron chi connectivity index (χ3n) is 2.10. The molecular weight excluding hydrogens is 277 g/mol. The second-order valence-corrected chi connectivity index (χ2v) is 4.16. The van der Waals surface area contributed by atoms with E-state index in [-0.39, 0.29) is 17.3 Å². The molecule has 18 heavy (non-hydrogen) atoms. The summed E-state index contributed by atoms with van der Waals surface area (Å²) in [6.07, 6.45) is 0. The molecule has 7 heteroatoms. The lowest BCUT2D eigenvalue weighted by atomic mass is 10.2. The monoisotopic (exact) mass is 285 g/mol. The Morgan fingerprint density at radius 1 is 1.06 bits per heavy atom. The van der Waals surface area contributed by atoms with Gasteiger partial charge in [0.15, 0.2) is 0 Å². The molecule has 0 aliphatic rings. The molecule has 1 heterocycles. The van der Waals surface area contributed by atoms with Crippen molar-refractivity contribution in [3.8, 4) is 17.8 Å². The average molecular weight is 286 g/mol. The molecule has 0 saturated heterocycles. The first kappa shape index (κ1) is 12.9. The van der Waals surface area contributed by atoms with Crippen LogP contribution in [0.5, 0.6) is 17.8 Å². The second kappa shape index (κ2) is 5.37. The maximum atomic E-state index is 5.89. The van der Waals surface area contributed by atoms with Crippen LogP contribution in [0.25, 0.3) is 0 Å². The topological polar surface area (TPSA) is 57.1 Å². The van der Waals surface area contributed by atoms with Crippen molar-refractivity contribution in [3.63, 3.8) is 0 Å². The van der Waals surface area contributed by atoms with Gasteiger partial charge >= 0.3 is 12.0 Å². The normalized spacial score (nSPS) is 10.2. The summed E-state index contributed by atoms with van der Waals surface area (Å²) in [5.74, 6) is 0.548. The third-order valence-corrected chi connectivity index (χ3v) is 2.51. The summed E-state index contributed by atoms with van der Waals surface area (Å²) >= 11 is 11.6. The lowest BCUT2D eigenvalue weighted by Gasteiger charge is -2.07. The van der Waals surface area contributed by atoms with Crippen LogP contribution in [0.1, 0.15) is 5.56 Å². The second-order valence-electron chi connectivity index (χ2n) is 3.39. The molecule has 94 valence electrons. The molecule has 2 aromatic rings. The quantitative estimate of drug-likeness (QED) is 0.866. The minimum atomic E-state index is -0.00321. The SMILES string of the molecule is COc1nc(Cl)nc(Oc2cc(Cl)ccc2C)n1. The van der Waals surface area contributed by atoms with E-state index in [9.17, 15) is 0 Å². The van der Waals surface area contributed by atoms with Gasteiger partial charge in [-0.2, -0.15) is 9.97 Å². The van der Waals surface area contributed by atoms with Crippen molar-refractivity contribution in [1.29, 1.82) is 0 Å². The predicted molar refractivity (Wildman–Crippen MR) is 67.7 cm³/mol. The molecule has 0 aliphatic carbocycles. The van der Waals surface area contributed by atoms with E-state index in [0.29, 0.717) is 10.8 Å². The zero-order valence-corrected chi connectivity index (χ0v) is 11.2. The number of methoxy groups -OCH3 is 1. The van der Waals surface area contributed by atoms with Crippen molar-refractivity contribution >= 4 is 23.2 Å². The smallest absolute Gasteiger partial charge is 0.329 e. The highest BCUT2D eigenvalue weighted by molar-refractivity contribution is 6.30. The van der Waals surface area contributed by atoms with Gasteiger partial charge in [0.2, 0.25) is 5.28 Å². The maximum absolute atomic E-state index is 5.89. The standard InChI is InChI=1S/C11H9Cl2N3O2/c1-6-3-4-7(12)5-8(6)18-11-15-9(13)14-10(16-11)17-2/h3-5H,1-2H3. The van der Waals surface area contributed by atoms with Gasteiger partial charge in [-0.05, 0) is 36.2 Å². The third kappa shape index (κ3) is 3.00. The summed E-state index contributed by atoms with van der Waals surface area (Å²) in [5, 5.41) is 0.555. The lowest BCUT2D eigenvalue weighted by Crippen LogP contribution is -1.99. The van der Waals surface area contributed by atoms with E-state index in [1.807, 2.05) is 13.0 Å². The van der Waals surface area contributed by atoms with Gasteiger partial charge in [0.05, 0.1) is 7.11 Å². The fourth-order valence-electron chi connectivity index (χ4n) is 1.23. The fourth-order valence-corrected chi connectivity index (χ4v) is 1.54. The van der Waals surface area contributed by atoms with Gasteiger partial charge in [-0.15, -0.1) is 4.98 Å². The Bertz CT molecular complexity index is 578. The minimum Gasteiger partial charge on any atom is -0.467 e. The van der Waals surface area contributed by atoms with Crippen LogP contribution in [0, 0.1) is 6.92 Å². The summed E-state index contributed by atoms with van der Waals surface area (Å²) in [6.45, 7) is 1.88. The van der Waals surface area contributed by atoms with Gasteiger partial charge in [0.1, 0.15) is 5.75 Å². The van der Waals surface area contributed by atoms with E-state index in [1.165, 1.54) is 7.11 Å². The Labute approximate surface area is 114 Å². The van der Waals surface area contributed by atoms with Gasteiger partial charge in [0, 0.05) is 5.02 Å². The van der Waals surface area contributed by atoms with E-state index in [1.54, 1.807) is 12.1 Å². The molecule has 5 nitrogen and oxygen atoms in total. The molecular formula is C11H9Cl2N3O2. The van der Waals surface area contributed by atoms with Crippen LogP contribution in [0.15, 0.2) is 18.2 Å². The van der Waals surface area contributed by atoms with E-state index in [4.69, 9.17) is 32.7 Å². The van der Waals surface area contributed by atoms with E-state index < -0.39 is 0 Å². The number of nitrogens with zero attached hydrogens (tertiary/aromatic N) is 3. The van der Waals surface area contributed by atoms with Gasteiger partial charge in [-0.1, -0.05) is 17.7 Å². The Morgan fingerprint density at radius 2 is 1.78 bits per heavy atom. The molecule has 0 fully saturated rings. The van der Waals surface area contributed by atoms with Gasteiger partial charge in [-0.3, -0.25) is 0 Å². The average Bonchev–Trinajstić information content (AvgIpc) is 2.33. The molecule has 0 amide bonds. The van der Waals surface area contributed by atoms with Crippen LogP contribution < -0.4 is 9.47 Å². The lowest BCUT2D eigenvalue weighted by molar-refractivity contribution is 0.358. The highest BCUT2D eigenvalue weighted by Crippen LogP contribution is 2.27. The van der Waals surface area contributed by atoms with Crippen molar-refractivity contribution in [2.45, 2.75) is 6.92 Å². The molecule has 0 atom stereocenters. The van der Waals surface area contributed by atoms with Crippen molar-refractivity contribution in [1.82, 2.24) is 15.0 Å². The maximum Gasteiger partial charge on any atom is 0.329 e. The van der Waals surface area contributed by atoms with Crippen molar-refractivity contribution in [2.75, 3.05) is 7.11 Å². The van der Waals surface area contributed by atoms with Crippen LogP contribution in [0.3, 0.4) is 0 Å². The van der Waals surface area contributed by atoms with Crippen LogP contribution in [0.4, 0.5) is 0 Å². The molecule has 0 radical (unpaired) electrons. The minimum absolute atomic E-state index is 0.00321. The number of hydrogen-bond acceptors (Lipinski definition) is 5. The van der Waals surface area contributed by atoms with Gasteiger partial charge in [0.25, 0.3) is 0 Å². The Balaban J connectivity index is 2.33. The number of halogens is 2. The largest absolute Gasteiger partial charge is 0.467 e. The zero-order chi connectivity index (χ0) is 13.1. The number of aryl methyl sites for hydroxylation is 1. The summed E-state index contributed by atoms with van der Waals surface area (Å²) in [7, 11) is 1.43. The summed E-state index contributed by atoms with van der Waals surface area (Å²) < 4.78 is 10.4. The van der Waals surface area contributed by atoms with Crippen LogP contribution >= 0.6 is 23.2 Å². The molecule has 0 N–H and O–H groups in total. The van der Waals surface area contributed by atoms with Gasteiger partial charge in [-0.25, -0.2) is 0 Å². The van der Waals surface area contributed by atoms with E-state index >= 15 is 0 Å². The van der Waals surface area contributed by atoms with Crippen LogP contribution in [-0.4, -0.2) is 22.1 Å². The molecule has 1 aromatic carbocycles. The van der Waals surface area contributed by atoms with Crippen molar-refractivity contribution in [3.05, 3.63) is 34.1 Å². The van der Waals surface area contributed by atoms with Crippen LogP contribution in [-0.2, 0) is 0 Å². The number of hydrogen-bond donors (Lipinski definition) is 0. The molecule has 0 aliphatic heterocycles. The molecule has 2 rings (SSSR count). The van der Waals surface area contributed by atoms with Crippen molar-refractivity contribution in [2.24, 2.45) is 0 Å². The molecule has 1 aromatic heterocycles. The summed E-state index contributed by atoms with van der Waals surface area (Å²) in [6, 6.07) is 5.41. The number of rotatable bonds is 3. The fraction of sp³-hybridized carbons (Fsp3) is 0.182. The first-order valence-electron chi connectivity index (χ1n) is 4.98.